The van der Waals surface area contributed by atoms with E-state index in [4.69, 9.17) is 0 Å². The molecule has 0 aliphatic rings. The van der Waals surface area contributed by atoms with Crippen LogP contribution >= 0.6 is 27.7 Å². The third-order valence-electron chi connectivity index (χ3n) is 3.85. The van der Waals surface area contributed by atoms with Crippen LogP contribution in [0.1, 0.15) is 5.82 Å². The van der Waals surface area contributed by atoms with Gasteiger partial charge in [-0.15, -0.1) is 0 Å². The van der Waals surface area contributed by atoms with E-state index in [1.165, 1.54) is 11.6 Å². The van der Waals surface area contributed by atoms with Crippen molar-refractivity contribution in [1.82, 2.24) is 19.1 Å². The van der Waals surface area contributed by atoms with Crippen molar-refractivity contribution in [3.63, 3.8) is 0 Å². The number of carbonyl (C=O) groups excluding carboxylic acids is 1. The highest BCUT2D eigenvalue weighted by Gasteiger charge is 2.17. The first-order valence-corrected chi connectivity index (χ1v) is 9.68. The number of hydrogen-bond acceptors (Lipinski definition) is 6. The average Bonchev–Trinajstić information content (AvgIpc) is 2.64. The molecule has 0 radical (unpaired) electrons. The Labute approximate surface area is 166 Å². The van der Waals surface area contributed by atoms with E-state index in [0.717, 1.165) is 20.8 Å². The number of nitrogens with zero attached hydrogens (tertiary/aromatic N) is 4. The Hall–Kier alpha value is -2.46. The van der Waals surface area contributed by atoms with Crippen LogP contribution in [0.4, 0.5) is 5.69 Å². The fourth-order valence-electron chi connectivity index (χ4n) is 2.50. The minimum atomic E-state index is -0.482. The zero-order valence-electron chi connectivity index (χ0n) is 14.8. The molecule has 0 spiro atoms. The van der Waals surface area contributed by atoms with E-state index in [0.29, 0.717) is 16.5 Å². The third-order valence-corrected chi connectivity index (χ3v) is 5.35. The maximum atomic E-state index is 12.6. The van der Waals surface area contributed by atoms with Crippen LogP contribution in [-0.2, 0) is 18.9 Å². The van der Waals surface area contributed by atoms with Gasteiger partial charge in [0.2, 0.25) is 5.91 Å². The molecule has 0 fully saturated rings. The quantitative estimate of drug-likeness (QED) is 0.481. The van der Waals surface area contributed by atoms with Gasteiger partial charge in [0.05, 0.1) is 5.75 Å². The molecule has 3 aromatic rings. The van der Waals surface area contributed by atoms with Gasteiger partial charge in [0.15, 0.2) is 5.65 Å². The van der Waals surface area contributed by atoms with Crippen LogP contribution in [0.2, 0.25) is 0 Å². The van der Waals surface area contributed by atoms with Gasteiger partial charge in [-0.1, -0.05) is 27.7 Å². The molecule has 1 amide bonds. The average molecular weight is 450 g/mol. The van der Waals surface area contributed by atoms with Crippen LogP contribution in [-0.4, -0.2) is 30.8 Å². The number of carbonyl (C=O) groups is 1. The topological polar surface area (TPSA) is 98.9 Å². The second-order valence-corrected chi connectivity index (χ2v) is 7.70. The summed E-state index contributed by atoms with van der Waals surface area (Å²) in [4.78, 5) is 45.4. The molecule has 10 heteroatoms. The molecule has 0 atom stereocenters. The SMILES string of the molecule is Cc1nc(SCC(=O)Nc2ccc(Br)cc2)c2c(=O)n(C)c(=O)n(C)c2n1. The molecule has 0 unspecified atom stereocenters. The number of halogens is 1. The summed E-state index contributed by atoms with van der Waals surface area (Å²) < 4.78 is 3.23. The number of thioether (sulfide) groups is 1. The van der Waals surface area contributed by atoms with E-state index in [2.05, 4.69) is 31.2 Å². The van der Waals surface area contributed by atoms with Gasteiger partial charge in [0, 0.05) is 24.3 Å². The Morgan fingerprint density at radius 2 is 1.81 bits per heavy atom. The Morgan fingerprint density at radius 3 is 2.48 bits per heavy atom. The van der Waals surface area contributed by atoms with Gasteiger partial charge in [-0.05, 0) is 31.2 Å². The molecule has 1 N–H and O–H groups in total. The van der Waals surface area contributed by atoms with Crippen LogP contribution in [0.15, 0.2) is 43.4 Å². The second-order valence-electron chi connectivity index (χ2n) is 5.82. The monoisotopic (exact) mass is 449 g/mol. The predicted octanol–water partition coefficient (Wildman–Crippen LogP) is 1.83. The largest absolute Gasteiger partial charge is 0.332 e. The molecule has 0 saturated heterocycles. The first-order valence-electron chi connectivity index (χ1n) is 7.90. The fraction of sp³-hybridized carbons (Fsp3) is 0.235. The van der Waals surface area contributed by atoms with Crippen LogP contribution in [0.25, 0.3) is 11.0 Å². The van der Waals surface area contributed by atoms with E-state index in [-0.39, 0.29) is 22.7 Å². The molecule has 2 aromatic heterocycles. The van der Waals surface area contributed by atoms with Crippen molar-refractivity contribution in [3.8, 4) is 0 Å². The van der Waals surface area contributed by atoms with E-state index in [1.54, 1.807) is 26.1 Å². The predicted molar refractivity (Wildman–Crippen MR) is 108 cm³/mol. The lowest BCUT2D eigenvalue weighted by molar-refractivity contribution is -0.113. The van der Waals surface area contributed by atoms with Crippen LogP contribution in [0, 0.1) is 6.92 Å². The zero-order valence-corrected chi connectivity index (χ0v) is 17.2. The molecular weight excluding hydrogens is 434 g/mol. The van der Waals surface area contributed by atoms with Crippen molar-refractivity contribution in [2.24, 2.45) is 14.1 Å². The molecule has 27 heavy (non-hydrogen) atoms. The minimum Gasteiger partial charge on any atom is -0.325 e. The van der Waals surface area contributed by atoms with E-state index in [1.807, 2.05) is 12.1 Å². The fourth-order valence-corrected chi connectivity index (χ4v) is 3.63. The second kappa shape index (κ2) is 7.65. The molecule has 1 aromatic carbocycles. The minimum absolute atomic E-state index is 0.0631. The van der Waals surface area contributed by atoms with Crippen molar-refractivity contribution in [3.05, 3.63) is 55.4 Å². The molecule has 3 rings (SSSR count). The number of rotatable bonds is 4. The zero-order chi connectivity index (χ0) is 19.7. The lowest BCUT2D eigenvalue weighted by Gasteiger charge is -2.10. The highest BCUT2D eigenvalue weighted by molar-refractivity contribution is 9.10. The molecule has 8 nitrogen and oxygen atoms in total. The summed E-state index contributed by atoms with van der Waals surface area (Å²) in [5.41, 5.74) is -0.0179. The standard InChI is InChI=1S/C17H16BrN5O3S/c1-9-19-14-13(16(25)23(3)17(26)22(14)2)15(20-9)27-8-12(24)21-11-6-4-10(18)5-7-11/h4-7H,8H2,1-3H3,(H,21,24). The molecular formula is C17H16BrN5O3S. The summed E-state index contributed by atoms with van der Waals surface area (Å²) in [7, 11) is 2.95. The number of benzene rings is 1. The number of anilines is 1. The number of hydrogen-bond donors (Lipinski definition) is 1. The van der Waals surface area contributed by atoms with Crippen LogP contribution in [0.5, 0.6) is 0 Å². The van der Waals surface area contributed by atoms with Crippen molar-refractivity contribution in [1.29, 1.82) is 0 Å². The Morgan fingerprint density at radius 1 is 1.15 bits per heavy atom. The van der Waals surface area contributed by atoms with Gasteiger partial charge in [-0.25, -0.2) is 14.8 Å². The molecule has 0 aliphatic carbocycles. The summed E-state index contributed by atoms with van der Waals surface area (Å²) in [6.07, 6.45) is 0. The Kier molecular flexibility index (Phi) is 5.47. The van der Waals surface area contributed by atoms with Gasteiger partial charge in [-0.3, -0.25) is 18.7 Å². The first-order chi connectivity index (χ1) is 12.8. The number of aryl methyl sites for hydroxylation is 2. The maximum Gasteiger partial charge on any atom is 0.332 e. The summed E-state index contributed by atoms with van der Waals surface area (Å²) in [6.45, 7) is 1.67. The third kappa shape index (κ3) is 3.96. The highest BCUT2D eigenvalue weighted by Crippen LogP contribution is 2.22. The molecule has 0 bridgehead atoms. The van der Waals surface area contributed by atoms with Crippen LogP contribution < -0.4 is 16.6 Å². The highest BCUT2D eigenvalue weighted by atomic mass is 79.9. The molecule has 0 saturated carbocycles. The van der Waals surface area contributed by atoms with E-state index >= 15 is 0 Å². The molecule has 0 aliphatic heterocycles. The van der Waals surface area contributed by atoms with Gasteiger partial charge in [0.1, 0.15) is 16.2 Å². The Bertz CT molecular complexity index is 1150. The maximum absolute atomic E-state index is 12.6. The summed E-state index contributed by atoms with van der Waals surface area (Å²) in [5, 5.41) is 3.39. The van der Waals surface area contributed by atoms with Gasteiger partial charge in [0.25, 0.3) is 5.56 Å². The number of nitrogens with one attached hydrogen (secondary N) is 1. The first kappa shape index (κ1) is 19.3. The summed E-state index contributed by atoms with van der Waals surface area (Å²) in [6, 6.07) is 7.22. The van der Waals surface area contributed by atoms with Crippen molar-refractivity contribution >= 4 is 50.3 Å². The van der Waals surface area contributed by atoms with Crippen molar-refractivity contribution in [2.75, 3.05) is 11.1 Å². The van der Waals surface area contributed by atoms with Crippen LogP contribution in [0.3, 0.4) is 0 Å². The van der Waals surface area contributed by atoms with Gasteiger partial charge in [-0.2, -0.15) is 0 Å². The molecule has 140 valence electrons. The summed E-state index contributed by atoms with van der Waals surface area (Å²) in [5.74, 6) is 0.253. The smallest absolute Gasteiger partial charge is 0.325 e. The Balaban J connectivity index is 1.91. The number of amides is 1. The normalized spacial score (nSPS) is 11.0. The van der Waals surface area contributed by atoms with Gasteiger partial charge < -0.3 is 5.32 Å². The number of aromatic nitrogens is 4. The van der Waals surface area contributed by atoms with Crippen molar-refractivity contribution < 1.29 is 4.79 Å². The van der Waals surface area contributed by atoms with Gasteiger partial charge >= 0.3 is 5.69 Å². The van der Waals surface area contributed by atoms with E-state index in [9.17, 15) is 14.4 Å². The van der Waals surface area contributed by atoms with E-state index < -0.39 is 11.2 Å². The number of fused-ring (bicyclic) bond motifs is 1. The van der Waals surface area contributed by atoms with Crippen molar-refractivity contribution in [2.45, 2.75) is 11.9 Å². The molecule has 2 heterocycles. The lowest BCUT2D eigenvalue weighted by Crippen LogP contribution is -2.37. The summed E-state index contributed by atoms with van der Waals surface area (Å²) >= 11 is 4.47. The lowest BCUT2D eigenvalue weighted by atomic mass is 10.3.